The van der Waals surface area contributed by atoms with Crippen LogP contribution in [0.25, 0.3) is 5.57 Å². The number of hydrogen-bond donors (Lipinski definition) is 0. The second-order valence-corrected chi connectivity index (χ2v) is 4.86. The molecule has 0 saturated heterocycles. The lowest BCUT2D eigenvalue weighted by atomic mass is 9.98. The van der Waals surface area contributed by atoms with E-state index in [2.05, 4.69) is 0 Å². The molecule has 2 rings (SSSR count). The van der Waals surface area contributed by atoms with Crippen LogP contribution in [0.15, 0.2) is 47.7 Å². The summed E-state index contributed by atoms with van der Waals surface area (Å²) in [6.07, 6.45) is 1.64. The Morgan fingerprint density at radius 2 is 1.90 bits per heavy atom. The van der Waals surface area contributed by atoms with E-state index in [1.165, 1.54) is 7.11 Å². The molecule has 1 unspecified atom stereocenters. The predicted molar refractivity (Wildman–Crippen MR) is 77.7 cm³/mol. The summed E-state index contributed by atoms with van der Waals surface area (Å²) in [5.74, 6) is 0.198. The quantitative estimate of drug-likeness (QED) is 0.793. The van der Waals surface area contributed by atoms with Crippen LogP contribution >= 0.6 is 0 Å². The molecule has 1 aromatic rings. The molecule has 1 atom stereocenters. The largest absolute Gasteiger partial charge is 0.475 e. The summed E-state index contributed by atoms with van der Waals surface area (Å²) >= 11 is 0. The van der Waals surface area contributed by atoms with Crippen LogP contribution in [0.1, 0.15) is 12.5 Å². The first-order chi connectivity index (χ1) is 9.54. The van der Waals surface area contributed by atoms with E-state index in [9.17, 15) is 4.79 Å². The van der Waals surface area contributed by atoms with E-state index < -0.39 is 0 Å². The molecule has 0 spiro atoms. The van der Waals surface area contributed by atoms with E-state index in [-0.39, 0.29) is 12.2 Å². The monoisotopic (exact) mass is 273 g/mol. The summed E-state index contributed by atoms with van der Waals surface area (Å²) in [4.78, 5) is 13.8. The van der Waals surface area contributed by atoms with E-state index in [0.717, 1.165) is 11.1 Å². The maximum absolute atomic E-state index is 11.8. The third-order valence-electron chi connectivity index (χ3n) is 3.22. The number of allylic oxidation sites excluding steroid dienone is 1. The molecule has 1 aromatic carbocycles. The van der Waals surface area contributed by atoms with Crippen molar-refractivity contribution < 1.29 is 14.3 Å². The van der Waals surface area contributed by atoms with Crippen molar-refractivity contribution in [2.75, 3.05) is 21.2 Å². The Labute approximate surface area is 119 Å². The minimum atomic E-state index is -0.381. The molecule has 1 aliphatic heterocycles. The lowest BCUT2D eigenvalue weighted by Crippen LogP contribution is -2.34. The van der Waals surface area contributed by atoms with Crippen molar-refractivity contribution >= 4 is 11.5 Å². The van der Waals surface area contributed by atoms with Crippen LogP contribution in [0.3, 0.4) is 0 Å². The zero-order chi connectivity index (χ0) is 14.7. The smallest absolute Gasteiger partial charge is 0.341 e. The van der Waals surface area contributed by atoms with E-state index in [4.69, 9.17) is 9.47 Å². The van der Waals surface area contributed by atoms with Gasteiger partial charge in [-0.15, -0.1) is 0 Å². The fraction of sp³-hybridized carbons (Fsp3) is 0.312. The van der Waals surface area contributed by atoms with Crippen molar-refractivity contribution in [2.24, 2.45) is 0 Å². The number of carbonyl (C=O) groups excluding carboxylic acids is 1. The van der Waals surface area contributed by atoms with Gasteiger partial charge >= 0.3 is 5.97 Å². The third-order valence-corrected chi connectivity index (χ3v) is 3.22. The van der Waals surface area contributed by atoms with Crippen molar-refractivity contribution in [1.29, 1.82) is 0 Å². The molecule has 0 saturated carbocycles. The Bertz CT molecular complexity index is 558. The van der Waals surface area contributed by atoms with Crippen LogP contribution < -0.4 is 0 Å². The Kier molecular flexibility index (Phi) is 4.25. The zero-order valence-corrected chi connectivity index (χ0v) is 12.2. The fourth-order valence-electron chi connectivity index (χ4n) is 2.18. The van der Waals surface area contributed by atoms with Gasteiger partial charge in [-0.1, -0.05) is 30.3 Å². The van der Waals surface area contributed by atoms with Crippen molar-refractivity contribution in [1.82, 2.24) is 4.90 Å². The molecule has 20 heavy (non-hydrogen) atoms. The standard InChI is InChI=1S/C16H19NO3/c1-11-13(16(18)19-4)10-14(15(20-11)17(2)3)12-8-6-5-7-9-12/h5-10,15H,1-4H3. The number of carbonyl (C=O) groups is 1. The van der Waals surface area contributed by atoms with E-state index in [1.54, 1.807) is 6.92 Å². The van der Waals surface area contributed by atoms with Crippen LogP contribution in [0.5, 0.6) is 0 Å². The highest BCUT2D eigenvalue weighted by Crippen LogP contribution is 2.31. The molecular weight excluding hydrogens is 254 g/mol. The van der Waals surface area contributed by atoms with E-state index in [0.29, 0.717) is 11.3 Å². The van der Waals surface area contributed by atoms with Crippen molar-refractivity contribution in [3.8, 4) is 0 Å². The molecule has 4 heteroatoms. The number of likely N-dealkylation sites (N-methyl/N-ethyl adjacent to an activating group) is 1. The summed E-state index contributed by atoms with van der Waals surface area (Å²) in [6, 6.07) is 9.89. The first-order valence-electron chi connectivity index (χ1n) is 6.44. The van der Waals surface area contributed by atoms with Gasteiger partial charge in [0.15, 0.2) is 6.23 Å². The number of nitrogens with zero attached hydrogens (tertiary/aromatic N) is 1. The van der Waals surface area contributed by atoms with Crippen molar-refractivity contribution in [3.05, 3.63) is 53.3 Å². The molecule has 0 aliphatic carbocycles. The summed E-state index contributed by atoms with van der Waals surface area (Å²) in [5, 5.41) is 0. The Morgan fingerprint density at radius 1 is 1.25 bits per heavy atom. The average Bonchev–Trinajstić information content (AvgIpc) is 2.47. The average molecular weight is 273 g/mol. The molecule has 106 valence electrons. The van der Waals surface area contributed by atoms with Crippen molar-refractivity contribution in [3.63, 3.8) is 0 Å². The number of ether oxygens (including phenoxy) is 2. The number of esters is 1. The maximum atomic E-state index is 11.8. The third kappa shape index (κ3) is 2.75. The van der Waals surface area contributed by atoms with Crippen LogP contribution in [0, 0.1) is 0 Å². The van der Waals surface area contributed by atoms with Gasteiger partial charge in [0.2, 0.25) is 0 Å². The second kappa shape index (κ2) is 5.92. The van der Waals surface area contributed by atoms with Crippen molar-refractivity contribution in [2.45, 2.75) is 13.2 Å². The predicted octanol–water partition coefficient (Wildman–Crippen LogP) is 2.43. The number of benzene rings is 1. The topological polar surface area (TPSA) is 38.8 Å². The van der Waals surface area contributed by atoms with Crippen LogP contribution in [-0.4, -0.2) is 38.3 Å². The van der Waals surface area contributed by atoms with E-state index in [1.807, 2.05) is 55.4 Å². The van der Waals surface area contributed by atoms with Gasteiger partial charge in [0, 0.05) is 5.57 Å². The number of methoxy groups -OCH3 is 1. The van der Waals surface area contributed by atoms with Gasteiger partial charge in [-0.3, -0.25) is 4.90 Å². The lowest BCUT2D eigenvalue weighted by molar-refractivity contribution is -0.136. The van der Waals surface area contributed by atoms with Gasteiger partial charge in [-0.2, -0.15) is 0 Å². The first kappa shape index (κ1) is 14.3. The Hall–Kier alpha value is -2.07. The SMILES string of the molecule is COC(=O)C1=C(C)OC(N(C)C)C(c2ccccc2)=C1. The fourth-order valence-corrected chi connectivity index (χ4v) is 2.18. The van der Waals surface area contributed by atoms with Gasteiger partial charge in [0.25, 0.3) is 0 Å². The molecule has 0 fully saturated rings. The number of rotatable bonds is 3. The van der Waals surface area contributed by atoms with Gasteiger partial charge in [0.05, 0.1) is 12.7 Å². The van der Waals surface area contributed by atoms with Gasteiger partial charge in [-0.25, -0.2) is 4.79 Å². The Balaban J connectivity index is 2.49. The molecule has 0 radical (unpaired) electrons. The number of hydrogen-bond acceptors (Lipinski definition) is 4. The molecular formula is C16H19NO3. The summed E-state index contributed by atoms with van der Waals surface area (Å²) in [7, 11) is 5.26. The highest BCUT2D eigenvalue weighted by molar-refractivity contribution is 5.95. The minimum absolute atomic E-state index is 0.217. The first-order valence-corrected chi connectivity index (χ1v) is 6.44. The Morgan fingerprint density at radius 3 is 2.45 bits per heavy atom. The highest BCUT2D eigenvalue weighted by atomic mass is 16.5. The molecule has 0 bridgehead atoms. The minimum Gasteiger partial charge on any atom is -0.475 e. The van der Waals surface area contributed by atoms with E-state index >= 15 is 0 Å². The highest BCUT2D eigenvalue weighted by Gasteiger charge is 2.28. The van der Waals surface area contributed by atoms with Gasteiger partial charge in [0.1, 0.15) is 5.76 Å². The van der Waals surface area contributed by atoms with Crippen LogP contribution in [-0.2, 0) is 14.3 Å². The molecule has 0 aromatic heterocycles. The summed E-state index contributed by atoms with van der Waals surface area (Å²) < 4.78 is 10.7. The van der Waals surface area contributed by atoms with Gasteiger partial charge in [-0.05, 0) is 32.7 Å². The van der Waals surface area contributed by atoms with Gasteiger partial charge < -0.3 is 9.47 Å². The molecule has 4 nitrogen and oxygen atoms in total. The van der Waals surface area contributed by atoms with Crippen LogP contribution in [0.2, 0.25) is 0 Å². The maximum Gasteiger partial charge on any atom is 0.341 e. The molecule has 0 N–H and O–H groups in total. The lowest BCUT2D eigenvalue weighted by Gasteiger charge is -2.32. The van der Waals surface area contributed by atoms with Crippen LogP contribution in [0.4, 0.5) is 0 Å². The second-order valence-electron chi connectivity index (χ2n) is 4.86. The summed E-state index contributed by atoms with van der Waals surface area (Å²) in [6.45, 7) is 1.78. The summed E-state index contributed by atoms with van der Waals surface area (Å²) in [5.41, 5.74) is 2.44. The molecule has 1 aliphatic rings. The zero-order valence-electron chi connectivity index (χ0n) is 12.2. The normalized spacial score (nSPS) is 18.6. The molecule has 0 amide bonds. The molecule has 1 heterocycles.